The molecule has 5 nitrogen and oxygen atoms in total. The van der Waals surface area contributed by atoms with E-state index in [0.29, 0.717) is 6.54 Å². The smallest absolute Gasteiger partial charge is 0.191 e. The van der Waals surface area contributed by atoms with E-state index in [0.717, 1.165) is 28.5 Å². The van der Waals surface area contributed by atoms with Gasteiger partial charge in [-0.05, 0) is 38.5 Å². The SMILES string of the molecule is CN=C(NCc1ncccc1C)NC(C)c1cc(C)ccc1OC.I. The van der Waals surface area contributed by atoms with Gasteiger partial charge in [0.15, 0.2) is 5.96 Å². The predicted molar refractivity (Wildman–Crippen MR) is 114 cm³/mol. The van der Waals surface area contributed by atoms with Crippen LogP contribution in [0.1, 0.15) is 35.3 Å². The predicted octanol–water partition coefficient (Wildman–Crippen LogP) is 3.75. The number of rotatable bonds is 5. The van der Waals surface area contributed by atoms with Crippen molar-refractivity contribution < 1.29 is 4.74 Å². The van der Waals surface area contributed by atoms with Gasteiger partial charge in [0.25, 0.3) is 0 Å². The summed E-state index contributed by atoms with van der Waals surface area (Å²) in [7, 11) is 3.46. The van der Waals surface area contributed by atoms with Crippen molar-refractivity contribution in [2.24, 2.45) is 4.99 Å². The third-order valence-corrected chi connectivity index (χ3v) is 3.97. The van der Waals surface area contributed by atoms with Crippen LogP contribution in [0.2, 0.25) is 0 Å². The Hall–Kier alpha value is -1.83. The van der Waals surface area contributed by atoms with Crippen LogP contribution in [0.15, 0.2) is 41.5 Å². The zero-order valence-electron chi connectivity index (χ0n) is 15.5. The number of guanidine groups is 1. The Morgan fingerprint density at radius 3 is 2.68 bits per heavy atom. The summed E-state index contributed by atoms with van der Waals surface area (Å²) in [6.07, 6.45) is 1.81. The first-order valence-corrected chi connectivity index (χ1v) is 8.07. The summed E-state index contributed by atoms with van der Waals surface area (Å²) >= 11 is 0. The third-order valence-electron chi connectivity index (χ3n) is 3.97. The number of benzene rings is 1. The maximum Gasteiger partial charge on any atom is 0.191 e. The number of hydrogen-bond acceptors (Lipinski definition) is 3. The molecule has 1 aromatic heterocycles. The molecule has 1 unspecified atom stereocenters. The molecule has 6 heteroatoms. The summed E-state index contributed by atoms with van der Waals surface area (Å²) in [6, 6.07) is 10.2. The molecule has 2 rings (SSSR count). The number of aryl methyl sites for hydroxylation is 2. The van der Waals surface area contributed by atoms with Gasteiger partial charge in [-0.2, -0.15) is 0 Å². The first-order valence-electron chi connectivity index (χ1n) is 8.07. The van der Waals surface area contributed by atoms with E-state index < -0.39 is 0 Å². The Labute approximate surface area is 167 Å². The molecule has 2 N–H and O–H groups in total. The standard InChI is InChI=1S/C19H26N4O.HI/c1-13-8-9-18(24-5)16(11-13)15(3)23-19(20-4)22-12-17-14(2)7-6-10-21-17;/h6-11,15H,12H2,1-5H3,(H2,20,22,23);1H. The van der Waals surface area contributed by atoms with Crippen molar-refractivity contribution in [3.05, 3.63) is 58.9 Å². The molecule has 0 amide bonds. The minimum Gasteiger partial charge on any atom is -0.496 e. The molecular weight excluding hydrogens is 427 g/mol. The summed E-state index contributed by atoms with van der Waals surface area (Å²) in [5.41, 5.74) is 4.48. The normalized spacial score (nSPS) is 12.1. The monoisotopic (exact) mass is 454 g/mol. The highest BCUT2D eigenvalue weighted by Crippen LogP contribution is 2.25. The number of aromatic nitrogens is 1. The van der Waals surface area contributed by atoms with Gasteiger partial charge in [-0.3, -0.25) is 9.98 Å². The lowest BCUT2D eigenvalue weighted by atomic mass is 10.0. The average molecular weight is 454 g/mol. The Morgan fingerprint density at radius 2 is 2.04 bits per heavy atom. The maximum absolute atomic E-state index is 5.47. The number of nitrogens with one attached hydrogen (secondary N) is 2. The highest BCUT2D eigenvalue weighted by molar-refractivity contribution is 14.0. The van der Waals surface area contributed by atoms with E-state index in [4.69, 9.17) is 4.74 Å². The van der Waals surface area contributed by atoms with Gasteiger partial charge in [-0.1, -0.05) is 23.8 Å². The first kappa shape index (κ1) is 21.2. The summed E-state index contributed by atoms with van der Waals surface area (Å²) in [6.45, 7) is 6.85. The van der Waals surface area contributed by atoms with Crippen molar-refractivity contribution in [1.29, 1.82) is 0 Å². The fraction of sp³-hybridized carbons (Fsp3) is 0.368. The number of pyridine rings is 1. The second kappa shape index (κ2) is 10.2. The van der Waals surface area contributed by atoms with Gasteiger partial charge in [0.1, 0.15) is 5.75 Å². The number of hydrogen-bond donors (Lipinski definition) is 2. The largest absolute Gasteiger partial charge is 0.496 e. The van der Waals surface area contributed by atoms with Crippen molar-refractivity contribution >= 4 is 29.9 Å². The fourth-order valence-corrected chi connectivity index (χ4v) is 2.54. The molecule has 0 saturated carbocycles. The maximum atomic E-state index is 5.47. The molecule has 136 valence electrons. The van der Waals surface area contributed by atoms with Crippen LogP contribution in [0.5, 0.6) is 5.75 Å². The van der Waals surface area contributed by atoms with Gasteiger partial charge >= 0.3 is 0 Å². The second-order valence-corrected chi connectivity index (χ2v) is 5.80. The van der Waals surface area contributed by atoms with Gasteiger partial charge in [-0.25, -0.2) is 0 Å². The Morgan fingerprint density at radius 1 is 1.28 bits per heavy atom. The second-order valence-electron chi connectivity index (χ2n) is 5.80. The van der Waals surface area contributed by atoms with Crippen LogP contribution in [0.4, 0.5) is 0 Å². The van der Waals surface area contributed by atoms with Crippen LogP contribution in [-0.4, -0.2) is 25.1 Å². The van der Waals surface area contributed by atoms with E-state index in [9.17, 15) is 0 Å². The minimum absolute atomic E-state index is 0. The Kier molecular flexibility index (Phi) is 8.68. The highest BCUT2D eigenvalue weighted by Gasteiger charge is 2.13. The van der Waals surface area contributed by atoms with E-state index in [1.807, 2.05) is 18.2 Å². The van der Waals surface area contributed by atoms with Crippen molar-refractivity contribution in [2.45, 2.75) is 33.4 Å². The highest BCUT2D eigenvalue weighted by atomic mass is 127. The van der Waals surface area contributed by atoms with Crippen LogP contribution in [0.25, 0.3) is 0 Å². The molecule has 0 spiro atoms. The number of methoxy groups -OCH3 is 1. The van der Waals surface area contributed by atoms with Crippen LogP contribution in [-0.2, 0) is 6.54 Å². The molecule has 1 heterocycles. The van der Waals surface area contributed by atoms with E-state index in [2.05, 4.69) is 53.5 Å². The van der Waals surface area contributed by atoms with Crippen molar-refractivity contribution in [3.63, 3.8) is 0 Å². The zero-order chi connectivity index (χ0) is 17.5. The van der Waals surface area contributed by atoms with Crippen LogP contribution in [0, 0.1) is 13.8 Å². The molecule has 25 heavy (non-hydrogen) atoms. The summed E-state index contributed by atoms with van der Waals surface area (Å²) in [4.78, 5) is 8.70. The van der Waals surface area contributed by atoms with E-state index >= 15 is 0 Å². The van der Waals surface area contributed by atoms with Crippen molar-refractivity contribution in [3.8, 4) is 5.75 Å². The Balaban J connectivity index is 0.00000312. The molecule has 1 aromatic carbocycles. The van der Waals surface area contributed by atoms with Gasteiger partial charge < -0.3 is 15.4 Å². The average Bonchev–Trinajstić information content (AvgIpc) is 2.59. The summed E-state index contributed by atoms with van der Waals surface area (Å²) in [5, 5.41) is 6.72. The lowest BCUT2D eigenvalue weighted by molar-refractivity contribution is 0.405. The number of nitrogens with zero attached hydrogens (tertiary/aromatic N) is 2. The van der Waals surface area contributed by atoms with E-state index in [1.54, 1.807) is 20.4 Å². The van der Waals surface area contributed by atoms with Gasteiger partial charge in [0, 0.05) is 18.8 Å². The fourth-order valence-electron chi connectivity index (χ4n) is 2.54. The zero-order valence-corrected chi connectivity index (χ0v) is 17.8. The number of aliphatic imine (C=N–C) groups is 1. The summed E-state index contributed by atoms with van der Waals surface area (Å²) < 4.78 is 5.47. The van der Waals surface area contributed by atoms with E-state index in [1.165, 1.54) is 5.56 Å². The van der Waals surface area contributed by atoms with Crippen molar-refractivity contribution in [2.75, 3.05) is 14.2 Å². The molecular formula is C19H27IN4O. The van der Waals surface area contributed by atoms with Crippen LogP contribution < -0.4 is 15.4 Å². The molecule has 1 atom stereocenters. The van der Waals surface area contributed by atoms with Crippen LogP contribution >= 0.6 is 24.0 Å². The lowest BCUT2D eigenvalue weighted by Gasteiger charge is -2.20. The molecule has 0 aliphatic rings. The number of halogens is 1. The quantitative estimate of drug-likeness (QED) is 0.411. The van der Waals surface area contributed by atoms with Gasteiger partial charge in [0.05, 0.1) is 25.4 Å². The van der Waals surface area contributed by atoms with Crippen LogP contribution in [0.3, 0.4) is 0 Å². The Bertz CT molecular complexity index is 718. The van der Waals surface area contributed by atoms with Crippen molar-refractivity contribution in [1.82, 2.24) is 15.6 Å². The summed E-state index contributed by atoms with van der Waals surface area (Å²) in [5.74, 6) is 1.60. The number of ether oxygens (including phenoxy) is 1. The first-order chi connectivity index (χ1) is 11.5. The van der Waals surface area contributed by atoms with E-state index in [-0.39, 0.29) is 30.0 Å². The lowest BCUT2D eigenvalue weighted by Crippen LogP contribution is -2.38. The topological polar surface area (TPSA) is 58.5 Å². The molecule has 0 fully saturated rings. The molecule has 2 aromatic rings. The third kappa shape index (κ3) is 5.88. The van der Waals surface area contributed by atoms with Gasteiger partial charge in [-0.15, -0.1) is 24.0 Å². The molecule has 0 saturated heterocycles. The molecule has 0 radical (unpaired) electrons. The minimum atomic E-state index is 0. The molecule has 0 aliphatic heterocycles. The molecule has 0 bridgehead atoms. The van der Waals surface area contributed by atoms with Gasteiger partial charge in [0.2, 0.25) is 0 Å². The molecule has 0 aliphatic carbocycles.